The number of aromatic hydroxyl groups is 1. The van der Waals surface area contributed by atoms with Crippen molar-refractivity contribution in [2.75, 3.05) is 0 Å². The van der Waals surface area contributed by atoms with Crippen molar-refractivity contribution in [3.05, 3.63) is 29.8 Å². The van der Waals surface area contributed by atoms with Crippen LogP contribution in [-0.2, 0) is 5.41 Å². The first-order chi connectivity index (χ1) is 7.15. The standard InChI is InChI=1S/C15H24O/c1-11(14(2,3)4)15(5,6)12-7-9-13(16)10-8-12/h7-11,16H,1-6H3. The highest BCUT2D eigenvalue weighted by Gasteiger charge is 2.35. The first-order valence-electron chi connectivity index (χ1n) is 5.95. The van der Waals surface area contributed by atoms with E-state index < -0.39 is 0 Å². The lowest BCUT2D eigenvalue weighted by Crippen LogP contribution is -2.35. The monoisotopic (exact) mass is 220 g/mol. The summed E-state index contributed by atoms with van der Waals surface area (Å²) in [5.41, 5.74) is 1.68. The van der Waals surface area contributed by atoms with Gasteiger partial charge in [0.25, 0.3) is 0 Å². The fraction of sp³-hybridized carbons (Fsp3) is 0.600. The van der Waals surface area contributed by atoms with Gasteiger partial charge in [-0.1, -0.05) is 53.7 Å². The van der Waals surface area contributed by atoms with Crippen LogP contribution in [0.25, 0.3) is 0 Å². The van der Waals surface area contributed by atoms with Gasteiger partial charge in [0.1, 0.15) is 5.75 Å². The summed E-state index contributed by atoms with van der Waals surface area (Å²) < 4.78 is 0. The molecule has 0 aliphatic heterocycles. The predicted octanol–water partition coefficient (Wildman–Crippen LogP) is 4.35. The molecule has 1 aromatic carbocycles. The minimum atomic E-state index is 0.117. The smallest absolute Gasteiger partial charge is 0.115 e. The number of hydrogen-bond donors (Lipinski definition) is 1. The molecule has 0 saturated heterocycles. The van der Waals surface area contributed by atoms with Gasteiger partial charge in [0, 0.05) is 0 Å². The Labute approximate surface area is 99.5 Å². The molecule has 1 heteroatoms. The van der Waals surface area contributed by atoms with Crippen LogP contribution in [-0.4, -0.2) is 5.11 Å². The molecule has 1 aromatic rings. The van der Waals surface area contributed by atoms with Crippen LogP contribution in [0.2, 0.25) is 0 Å². The molecule has 0 radical (unpaired) electrons. The van der Waals surface area contributed by atoms with Crippen molar-refractivity contribution in [2.24, 2.45) is 11.3 Å². The van der Waals surface area contributed by atoms with Gasteiger partial charge in [0.15, 0.2) is 0 Å². The van der Waals surface area contributed by atoms with E-state index in [-0.39, 0.29) is 10.8 Å². The van der Waals surface area contributed by atoms with Gasteiger partial charge in [-0.2, -0.15) is 0 Å². The second-order valence-electron chi connectivity index (χ2n) is 6.36. The maximum atomic E-state index is 9.32. The highest BCUT2D eigenvalue weighted by atomic mass is 16.3. The van der Waals surface area contributed by atoms with E-state index in [9.17, 15) is 5.11 Å². The van der Waals surface area contributed by atoms with Crippen LogP contribution in [0.4, 0.5) is 0 Å². The summed E-state index contributed by atoms with van der Waals surface area (Å²) in [6.07, 6.45) is 0. The Morgan fingerprint density at radius 3 is 1.75 bits per heavy atom. The Kier molecular flexibility index (Phi) is 3.37. The molecule has 0 bridgehead atoms. The molecular formula is C15H24O. The van der Waals surface area contributed by atoms with E-state index in [1.54, 1.807) is 12.1 Å². The highest BCUT2D eigenvalue weighted by Crippen LogP contribution is 2.42. The van der Waals surface area contributed by atoms with Gasteiger partial charge in [-0.05, 0) is 34.4 Å². The quantitative estimate of drug-likeness (QED) is 0.785. The van der Waals surface area contributed by atoms with Crippen molar-refractivity contribution >= 4 is 0 Å². The zero-order valence-electron chi connectivity index (χ0n) is 11.3. The Morgan fingerprint density at radius 2 is 1.38 bits per heavy atom. The maximum Gasteiger partial charge on any atom is 0.115 e. The van der Waals surface area contributed by atoms with E-state index >= 15 is 0 Å². The molecule has 0 fully saturated rings. The topological polar surface area (TPSA) is 20.2 Å². The Hall–Kier alpha value is -0.980. The first kappa shape index (κ1) is 13.1. The third kappa shape index (κ3) is 2.58. The minimum absolute atomic E-state index is 0.117. The molecule has 1 atom stereocenters. The first-order valence-corrected chi connectivity index (χ1v) is 5.95. The maximum absolute atomic E-state index is 9.32. The van der Waals surface area contributed by atoms with Crippen LogP contribution < -0.4 is 0 Å². The lowest BCUT2D eigenvalue weighted by molar-refractivity contribution is 0.166. The fourth-order valence-corrected chi connectivity index (χ4v) is 2.22. The molecule has 0 aliphatic rings. The van der Waals surface area contributed by atoms with Crippen molar-refractivity contribution in [3.8, 4) is 5.75 Å². The minimum Gasteiger partial charge on any atom is -0.508 e. The van der Waals surface area contributed by atoms with Crippen LogP contribution >= 0.6 is 0 Å². The van der Waals surface area contributed by atoms with Gasteiger partial charge in [-0.3, -0.25) is 0 Å². The van der Waals surface area contributed by atoms with Crippen LogP contribution in [0, 0.1) is 11.3 Å². The molecule has 1 unspecified atom stereocenters. The zero-order valence-corrected chi connectivity index (χ0v) is 11.3. The van der Waals surface area contributed by atoms with Gasteiger partial charge >= 0.3 is 0 Å². The molecule has 90 valence electrons. The van der Waals surface area contributed by atoms with Gasteiger partial charge in [0.05, 0.1) is 0 Å². The summed E-state index contributed by atoms with van der Waals surface area (Å²) >= 11 is 0. The van der Waals surface area contributed by atoms with Crippen molar-refractivity contribution in [1.82, 2.24) is 0 Å². The molecule has 0 saturated carbocycles. The number of phenols is 1. The number of benzene rings is 1. The third-order valence-electron chi connectivity index (χ3n) is 3.99. The molecule has 0 heterocycles. The molecule has 1 rings (SSSR count). The van der Waals surface area contributed by atoms with Crippen LogP contribution in [0.1, 0.15) is 47.1 Å². The van der Waals surface area contributed by atoms with E-state index in [0.717, 1.165) is 0 Å². The summed E-state index contributed by atoms with van der Waals surface area (Å²) in [5.74, 6) is 0.896. The van der Waals surface area contributed by atoms with Gasteiger partial charge < -0.3 is 5.11 Å². The zero-order chi connectivity index (χ0) is 12.6. The third-order valence-corrected chi connectivity index (χ3v) is 3.99. The molecule has 0 aromatic heterocycles. The van der Waals surface area contributed by atoms with Gasteiger partial charge in [0.2, 0.25) is 0 Å². The largest absolute Gasteiger partial charge is 0.508 e. The fourth-order valence-electron chi connectivity index (χ4n) is 2.22. The number of rotatable bonds is 2. The van der Waals surface area contributed by atoms with Crippen molar-refractivity contribution in [3.63, 3.8) is 0 Å². The van der Waals surface area contributed by atoms with E-state index in [2.05, 4.69) is 41.5 Å². The van der Waals surface area contributed by atoms with Gasteiger partial charge in [-0.15, -0.1) is 0 Å². The Bertz CT molecular complexity index is 341. The van der Waals surface area contributed by atoms with E-state index in [0.29, 0.717) is 11.7 Å². The van der Waals surface area contributed by atoms with E-state index in [4.69, 9.17) is 0 Å². The van der Waals surface area contributed by atoms with Crippen LogP contribution in [0.15, 0.2) is 24.3 Å². The second-order valence-corrected chi connectivity index (χ2v) is 6.36. The van der Waals surface area contributed by atoms with Crippen LogP contribution in [0.5, 0.6) is 5.75 Å². The van der Waals surface area contributed by atoms with E-state index in [1.807, 2.05) is 12.1 Å². The molecule has 0 spiro atoms. The average molecular weight is 220 g/mol. The predicted molar refractivity (Wildman–Crippen MR) is 69.8 cm³/mol. The molecule has 0 amide bonds. The Balaban J connectivity index is 3.06. The SMILES string of the molecule is CC(C(C)(C)C)C(C)(C)c1ccc(O)cc1. The van der Waals surface area contributed by atoms with Crippen molar-refractivity contribution in [2.45, 2.75) is 47.0 Å². The molecular weight excluding hydrogens is 196 g/mol. The second kappa shape index (κ2) is 4.12. The summed E-state index contributed by atoms with van der Waals surface area (Å²) in [5, 5.41) is 9.32. The number of hydrogen-bond acceptors (Lipinski definition) is 1. The summed E-state index contributed by atoms with van der Waals surface area (Å²) in [6.45, 7) is 13.7. The normalized spacial score (nSPS) is 14.9. The molecule has 1 N–H and O–H groups in total. The van der Waals surface area contributed by atoms with Gasteiger partial charge in [-0.25, -0.2) is 0 Å². The van der Waals surface area contributed by atoms with Crippen LogP contribution in [0.3, 0.4) is 0 Å². The Morgan fingerprint density at radius 1 is 0.938 bits per heavy atom. The van der Waals surface area contributed by atoms with E-state index in [1.165, 1.54) is 5.56 Å². The molecule has 16 heavy (non-hydrogen) atoms. The molecule has 0 aliphatic carbocycles. The van der Waals surface area contributed by atoms with Crippen molar-refractivity contribution in [1.29, 1.82) is 0 Å². The molecule has 1 nitrogen and oxygen atoms in total. The number of phenolic OH excluding ortho intramolecular Hbond substituents is 1. The lowest BCUT2D eigenvalue weighted by atomic mass is 9.64. The average Bonchev–Trinajstić information content (AvgIpc) is 2.16. The summed E-state index contributed by atoms with van der Waals surface area (Å²) in [7, 11) is 0. The summed E-state index contributed by atoms with van der Waals surface area (Å²) in [4.78, 5) is 0. The highest BCUT2D eigenvalue weighted by molar-refractivity contribution is 5.31. The summed E-state index contributed by atoms with van der Waals surface area (Å²) in [6, 6.07) is 7.59. The lowest BCUT2D eigenvalue weighted by Gasteiger charge is -2.41. The van der Waals surface area contributed by atoms with Crippen molar-refractivity contribution < 1.29 is 5.11 Å².